The molecule has 0 aromatic heterocycles. The van der Waals surface area contributed by atoms with E-state index in [0.29, 0.717) is 11.5 Å². The van der Waals surface area contributed by atoms with Crippen molar-refractivity contribution in [2.24, 2.45) is 0 Å². The van der Waals surface area contributed by atoms with E-state index in [0.717, 1.165) is 24.0 Å². The summed E-state index contributed by atoms with van der Waals surface area (Å²) >= 11 is 0. The Bertz CT molecular complexity index is 388. The Hall–Kier alpha value is -1.25. The van der Waals surface area contributed by atoms with Gasteiger partial charge in [-0.1, -0.05) is 0 Å². The molecule has 1 atom stereocenters. The average Bonchev–Trinajstić information content (AvgIpc) is 2.20. The average molecular weight is 210 g/mol. The molecule has 1 aromatic rings. The second kappa shape index (κ2) is 3.72. The molecule has 0 aliphatic carbocycles. The van der Waals surface area contributed by atoms with Gasteiger partial charge in [0, 0.05) is 0 Å². The first-order valence-electron chi connectivity index (χ1n) is 5.16. The molecule has 1 aromatic carbocycles. The topological polar surface area (TPSA) is 18.5 Å². The molecule has 0 radical (unpaired) electrons. The molecule has 0 amide bonds. The lowest BCUT2D eigenvalue weighted by Gasteiger charge is -2.25. The molecule has 0 fully saturated rings. The Labute approximate surface area is 89.0 Å². The summed E-state index contributed by atoms with van der Waals surface area (Å²) in [5.41, 5.74) is 1.77. The van der Waals surface area contributed by atoms with Gasteiger partial charge < -0.3 is 9.47 Å². The van der Waals surface area contributed by atoms with Crippen molar-refractivity contribution < 1.29 is 13.9 Å². The van der Waals surface area contributed by atoms with Crippen LogP contribution in [0, 0.1) is 12.7 Å². The first kappa shape index (κ1) is 10.3. The number of halogens is 1. The largest absolute Gasteiger partial charge is 0.493 e. The third-order valence-electron chi connectivity index (χ3n) is 2.78. The van der Waals surface area contributed by atoms with Gasteiger partial charge in [-0.15, -0.1) is 0 Å². The molecule has 0 saturated heterocycles. The molecule has 0 spiro atoms. The van der Waals surface area contributed by atoms with Crippen LogP contribution in [0.25, 0.3) is 0 Å². The van der Waals surface area contributed by atoms with E-state index in [4.69, 9.17) is 9.47 Å². The van der Waals surface area contributed by atoms with Crippen LogP contribution in [0.3, 0.4) is 0 Å². The summed E-state index contributed by atoms with van der Waals surface area (Å²) in [6.45, 7) is 3.80. The highest BCUT2D eigenvalue weighted by molar-refractivity contribution is 5.48. The van der Waals surface area contributed by atoms with Crippen LogP contribution >= 0.6 is 0 Å². The van der Waals surface area contributed by atoms with Crippen LogP contribution in [0.15, 0.2) is 6.07 Å². The lowest BCUT2D eigenvalue weighted by Crippen LogP contribution is -2.20. The first-order valence-corrected chi connectivity index (χ1v) is 5.16. The lowest BCUT2D eigenvalue weighted by molar-refractivity contribution is 0.180. The molecule has 15 heavy (non-hydrogen) atoms. The van der Waals surface area contributed by atoms with Crippen molar-refractivity contribution in [3.63, 3.8) is 0 Å². The second-order valence-corrected chi connectivity index (χ2v) is 4.00. The van der Waals surface area contributed by atoms with Crippen LogP contribution in [-0.2, 0) is 6.42 Å². The number of benzene rings is 1. The van der Waals surface area contributed by atoms with E-state index in [1.807, 2.05) is 19.9 Å². The van der Waals surface area contributed by atoms with E-state index in [9.17, 15) is 4.39 Å². The maximum atomic E-state index is 13.9. The van der Waals surface area contributed by atoms with E-state index in [1.54, 1.807) is 0 Å². The van der Waals surface area contributed by atoms with Gasteiger partial charge in [0.15, 0.2) is 11.5 Å². The first-order chi connectivity index (χ1) is 7.13. The van der Waals surface area contributed by atoms with Crippen molar-refractivity contribution >= 4 is 0 Å². The minimum Gasteiger partial charge on any atom is -0.493 e. The number of fused-ring (bicyclic) bond motifs is 1. The minimum atomic E-state index is -0.362. The van der Waals surface area contributed by atoms with Gasteiger partial charge in [0.05, 0.1) is 13.2 Å². The van der Waals surface area contributed by atoms with Crippen molar-refractivity contribution in [3.05, 3.63) is 23.0 Å². The van der Waals surface area contributed by atoms with Crippen molar-refractivity contribution in [1.29, 1.82) is 0 Å². The molecule has 82 valence electrons. The SMILES string of the molecule is COc1c(C)cc2c(c1F)OC(C)CC2. The quantitative estimate of drug-likeness (QED) is 0.709. The Morgan fingerprint density at radius 2 is 2.27 bits per heavy atom. The molecule has 0 bridgehead atoms. The highest BCUT2D eigenvalue weighted by Gasteiger charge is 2.23. The van der Waals surface area contributed by atoms with Crippen LogP contribution in [0.5, 0.6) is 11.5 Å². The Kier molecular flexibility index (Phi) is 2.55. The predicted molar refractivity (Wildman–Crippen MR) is 56.1 cm³/mol. The fraction of sp³-hybridized carbons (Fsp3) is 0.500. The van der Waals surface area contributed by atoms with Gasteiger partial charge in [-0.2, -0.15) is 4.39 Å². The van der Waals surface area contributed by atoms with Gasteiger partial charge in [-0.25, -0.2) is 0 Å². The van der Waals surface area contributed by atoms with Crippen LogP contribution in [-0.4, -0.2) is 13.2 Å². The number of hydrogen-bond donors (Lipinski definition) is 0. The standard InChI is InChI=1S/C12H15FO2/c1-7-6-9-5-4-8(2)15-12(9)10(13)11(7)14-3/h6,8H,4-5H2,1-3H3. The summed E-state index contributed by atoms with van der Waals surface area (Å²) in [6.07, 6.45) is 1.90. The lowest BCUT2D eigenvalue weighted by atomic mass is 10.00. The van der Waals surface area contributed by atoms with Crippen molar-refractivity contribution in [2.45, 2.75) is 32.8 Å². The molecule has 2 nitrogen and oxygen atoms in total. The molecule has 1 aliphatic heterocycles. The summed E-state index contributed by atoms with van der Waals surface area (Å²) in [5, 5.41) is 0. The number of aryl methyl sites for hydroxylation is 2. The van der Waals surface area contributed by atoms with Gasteiger partial charge in [0.1, 0.15) is 0 Å². The number of methoxy groups -OCH3 is 1. The predicted octanol–water partition coefficient (Wildman–Crippen LogP) is 2.86. The molecule has 1 unspecified atom stereocenters. The Balaban J connectivity index is 2.54. The normalized spacial score (nSPS) is 19.3. The zero-order chi connectivity index (χ0) is 11.0. The Morgan fingerprint density at radius 1 is 1.53 bits per heavy atom. The third kappa shape index (κ3) is 1.66. The minimum absolute atomic E-state index is 0.0828. The van der Waals surface area contributed by atoms with Crippen LogP contribution in [0.2, 0.25) is 0 Å². The summed E-state index contributed by atoms with van der Waals surface area (Å²) < 4.78 is 24.5. The molecular formula is C12H15FO2. The zero-order valence-corrected chi connectivity index (χ0v) is 9.26. The fourth-order valence-corrected chi connectivity index (χ4v) is 1.99. The molecule has 1 heterocycles. The maximum Gasteiger partial charge on any atom is 0.207 e. The number of hydrogen-bond acceptors (Lipinski definition) is 2. The van der Waals surface area contributed by atoms with Crippen LogP contribution in [0.1, 0.15) is 24.5 Å². The summed E-state index contributed by atoms with van der Waals surface area (Å²) in [6, 6.07) is 1.95. The van der Waals surface area contributed by atoms with Crippen LogP contribution in [0.4, 0.5) is 4.39 Å². The van der Waals surface area contributed by atoms with E-state index in [-0.39, 0.29) is 11.9 Å². The van der Waals surface area contributed by atoms with Gasteiger partial charge in [-0.05, 0) is 43.9 Å². The molecule has 0 N–H and O–H groups in total. The van der Waals surface area contributed by atoms with Gasteiger partial charge in [0.25, 0.3) is 0 Å². The molecule has 0 saturated carbocycles. The van der Waals surface area contributed by atoms with Crippen molar-refractivity contribution in [2.75, 3.05) is 7.11 Å². The molecule has 2 rings (SSSR count). The highest BCUT2D eigenvalue weighted by Crippen LogP contribution is 2.37. The van der Waals surface area contributed by atoms with E-state index in [2.05, 4.69) is 0 Å². The fourth-order valence-electron chi connectivity index (χ4n) is 1.99. The van der Waals surface area contributed by atoms with E-state index >= 15 is 0 Å². The maximum absolute atomic E-state index is 13.9. The van der Waals surface area contributed by atoms with E-state index < -0.39 is 0 Å². The van der Waals surface area contributed by atoms with Gasteiger partial charge in [-0.3, -0.25) is 0 Å². The van der Waals surface area contributed by atoms with Crippen molar-refractivity contribution in [1.82, 2.24) is 0 Å². The van der Waals surface area contributed by atoms with Crippen molar-refractivity contribution in [3.8, 4) is 11.5 Å². The smallest absolute Gasteiger partial charge is 0.207 e. The Morgan fingerprint density at radius 3 is 2.93 bits per heavy atom. The zero-order valence-electron chi connectivity index (χ0n) is 9.26. The number of rotatable bonds is 1. The third-order valence-corrected chi connectivity index (χ3v) is 2.78. The summed E-state index contributed by atoms with van der Waals surface area (Å²) in [7, 11) is 1.48. The molecule has 3 heteroatoms. The molecule has 1 aliphatic rings. The molecular weight excluding hydrogens is 195 g/mol. The van der Waals surface area contributed by atoms with Gasteiger partial charge in [0.2, 0.25) is 5.82 Å². The summed E-state index contributed by atoms with van der Waals surface area (Å²) in [5.74, 6) is 0.304. The van der Waals surface area contributed by atoms with Crippen LogP contribution < -0.4 is 9.47 Å². The number of ether oxygens (including phenoxy) is 2. The van der Waals surface area contributed by atoms with E-state index in [1.165, 1.54) is 7.11 Å². The second-order valence-electron chi connectivity index (χ2n) is 4.00. The van der Waals surface area contributed by atoms with Gasteiger partial charge >= 0.3 is 0 Å². The summed E-state index contributed by atoms with van der Waals surface area (Å²) in [4.78, 5) is 0. The monoisotopic (exact) mass is 210 g/mol. The highest BCUT2D eigenvalue weighted by atomic mass is 19.1.